The molecule has 2 aromatic heterocycles. The van der Waals surface area contributed by atoms with Gasteiger partial charge in [0.2, 0.25) is 11.8 Å². The average molecular weight is 474 g/mol. The Morgan fingerprint density at radius 2 is 1.66 bits per heavy atom. The van der Waals surface area contributed by atoms with Crippen LogP contribution in [0.4, 0.5) is 0 Å². The third-order valence-electron chi connectivity index (χ3n) is 4.05. The molecule has 0 spiro atoms. The first-order valence-corrected chi connectivity index (χ1v) is 13.0. The van der Waals surface area contributed by atoms with Crippen molar-refractivity contribution in [1.29, 1.82) is 0 Å². The van der Waals surface area contributed by atoms with Gasteiger partial charge in [-0.3, -0.25) is 8.42 Å². The van der Waals surface area contributed by atoms with Gasteiger partial charge in [0.1, 0.15) is 12.0 Å². The van der Waals surface area contributed by atoms with Crippen molar-refractivity contribution in [2.45, 2.75) is 37.5 Å². The molecule has 2 atom stereocenters. The summed E-state index contributed by atoms with van der Waals surface area (Å²) in [7, 11) is -1.89. The van der Waals surface area contributed by atoms with Crippen LogP contribution in [0.5, 0.6) is 0 Å². The number of benzene rings is 2. The highest BCUT2D eigenvalue weighted by Crippen LogP contribution is 2.20. The van der Waals surface area contributed by atoms with E-state index in [2.05, 4.69) is 15.2 Å². The monoisotopic (exact) mass is 473 g/mol. The van der Waals surface area contributed by atoms with Crippen LogP contribution >= 0.6 is 0 Å². The first kappa shape index (κ1) is 25.4. The Labute approximate surface area is 193 Å². The summed E-state index contributed by atoms with van der Waals surface area (Å²) in [4.78, 5) is 5.64. The zero-order valence-electron chi connectivity index (χ0n) is 18.8. The molecule has 32 heavy (non-hydrogen) atoms. The van der Waals surface area contributed by atoms with Gasteiger partial charge in [0, 0.05) is 50.6 Å². The third-order valence-corrected chi connectivity index (χ3v) is 6.29. The lowest BCUT2D eigenvalue weighted by atomic mass is 10.2. The summed E-state index contributed by atoms with van der Waals surface area (Å²) >= 11 is 0. The van der Waals surface area contributed by atoms with E-state index in [4.69, 9.17) is 8.83 Å². The first-order chi connectivity index (χ1) is 15.5. The smallest absolute Gasteiger partial charge is 0.247 e. The van der Waals surface area contributed by atoms with Crippen LogP contribution in [0.3, 0.4) is 0 Å². The largest absolute Gasteiger partial charge is 0.451 e. The molecule has 0 fully saturated rings. The van der Waals surface area contributed by atoms with Crippen LogP contribution in [0.25, 0.3) is 22.7 Å². The van der Waals surface area contributed by atoms with Gasteiger partial charge in [-0.25, -0.2) is 4.98 Å². The zero-order valence-corrected chi connectivity index (χ0v) is 20.4. The maximum atomic E-state index is 11.5. The van der Waals surface area contributed by atoms with E-state index in [-0.39, 0.29) is 0 Å². The summed E-state index contributed by atoms with van der Waals surface area (Å²) in [5.74, 6) is 1.62. The fraction of sp³-hybridized carbons (Fsp3) is 0.261. The molecular weight excluding hydrogens is 446 g/mol. The van der Waals surface area contributed by atoms with Crippen LogP contribution in [0.15, 0.2) is 79.8 Å². The van der Waals surface area contributed by atoms with Crippen LogP contribution in [0.1, 0.15) is 26.7 Å². The van der Waals surface area contributed by atoms with Crippen molar-refractivity contribution in [3.8, 4) is 22.7 Å². The van der Waals surface area contributed by atoms with Crippen LogP contribution in [0.2, 0.25) is 0 Å². The second kappa shape index (κ2) is 12.8. The van der Waals surface area contributed by atoms with Crippen molar-refractivity contribution in [2.75, 3.05) is 12.0 Å². The van der Waals surface area contributed by atoms with E-state index in [9.17, 15) is 8.42 Å². The third kappa shape index (κ3) is 7.06. The quantitative estimate of drug-likeness (QED) is 0.389. The van der Waals surface area contributed by atoms with Gasteiger partial charge in [0.05, 0.1) is 10.8 Å². The molecule has 0 bridgehead atoms. The van der Waals surface area contributed by atoms with E-state index in [0.717, 1.165) is 26.6 Å². The van der Waals surface area contributed by atoms with Crippen molar-refractivity contribution in [3.63, 3.8) is 0 Å². The minimum absolute atomic E-state index is 0.458. The first-order valence-electron chi connectivity index (χ1n) is 10.1. The zero-order chi connectivity index (χ0) is 23.5. The summed E-state index contributed by atoms with van der Waals surface area (Å²) in [6.07, 6.45) is 4.62. The number of rotatable bonds is 5. The van der Waals surface area contributed by atoms with E-state index < -0.39 is 21.6 Å². The lowest BCUT2D eigenvalue weighted by Gasteiger charge is -2.00. The summed E-state index contributed by atoms with van der Waals surface area (Å²) in [5, 5.41) is 7.65. The van der Waals surface area contributed by atoms with E-state index >= 15 is 0 Å². The normalized spacial score (nSPS) is 12.0. The second-order valence-electron chi connectivity index (χ2n) is 6.14. The summed E-state index contributed by atoms with van der Waals surface area (Å²) in [6.45, 7) is 7.64. The fourth-order valence-corrected chi connectivity index (χ4v) is 3.86. The molecule has 0 aliphatic heterocycles. The highest BCUT2D eigenvalue weighted by molar-refractivity contribution is 7.85. The highest BCUT2D eigenvalue weighted by Gasteiger charge is 2.07. The van der Waals surface area contributed by atoms with E-state index in [1.807, 2.05) is 63.2 Å². The number of aryl methyl sites for hydroxylation is 1. The predicted octanol–water partition coefficient (Wildman–Crippen LogP) is 5.28. The van der Waals surface area contributed by atoms with Crippen LogP contribution in [-0.4, -0.2) is 35.6 Å². The van der Waals surface area contributed by atoms with E-state index in [1.54, 1.807) is 25.5 Å². The van der Waals surface area contributed by atoms with Gasteiger partial charge in [-0.15, -0.1) is 10.2 Å². The molecule has 0 N–H and O–H groups in total. The molecule has 4 rings (SSSR count). The Hall–Kier alpha value is -2.91. The Kier molecular flexibility index (Phi) is 10.2. The molecule has 7 nitrogen and oxygen atoms in total. The van der Waals surface area contributed by atoms with E-state index in [1.165, 1.54) is 6.39 Å². The number of aromatic nitrogens is 3. The second-order valence-corrected chi connectivity index (χ2v) is 9.26. The standard InChI is InChI=1S/C11H11NO2S.C10H10N2O2S.C2H6/c1-2-15(13)10-5-3-9(4-6-10)11-7-14-8-12-11;1-7-11-12-10(14-7)8-4-3-5-9(6-8)15(2)13;1-2/h3-8H,2H2,1H3;3-6H,1-2H3;1-2H3. The summed E-state index contributed by atoms with van der Waals surface area (Å²) in [5.41, 5.74) is 2.56. The lowest BCUT2D eigenvalue weighted by molar-refractivity contribution is 0.532. The minimum atomic E-state index is -0.996. The molecule has 0 aliphatic carbocycles. The van der Waals surface area contributed by atoms with Gasteiger partial charge >= 0.3 is 0 Å². The van der Waals surface area contributed by atoms with Crippen molar-refractivity contribution >= 4 is 21.6 Å². The number of nitrogens with zero attached hydrogens (tertiary/aromatic N) is 3. The molecule has 9 heteroatoms. The van der Waals surface area contributed by atoms with Crippen molar-refractivity contribution < 1.29 is 17.3 Å². The Morgan fingerprint density at radius 1 is 0.938 bits per heavy atom. The van der Waals surface area contributed by atoms with Gasteiger partial charge in [0.15, 0.2) is 6.39 Å². The number of oxazole rings is 1. The fourth-order valence-electron chi connectivity index (χ4n) is 2.52. The molecule has 2 heterocycles. The van der Waals surface area contributed by atoms with Gasteiger partial charge in [-0.05, 0) is 30.3 Å². The van der Waals surface area contributed by atoms with Crippen molar-refractivity contribution in [2.24, 2.45) is 0 Å². The maximum Gasteiger partial charge on any atom is 0.247 e. The highest BCUT2D eigenvalue weighted by atomic mass is 32.2. The molecule has 2 aromatic carbocycles. The van der Waals surface area contributed by atoms with Crippen molar-refractivity contribution in [3.05, 3.63) is 67.1 Å². The van der Waals surface area contributed by atoms with E-state index in [0.29, 0.717) is 17.5 Å². The average Bonchev–Trinajstić information content (AvgIpc) is 3.53. The molecule has 2 unspecified atom stereocenters. The van der Waals surface area contributed by atoms with Crippen molar-refractivity contribution in [1.82, 2.24) is 15.2 Å². The molecule has 0 aliphatic rings. The van der Waals surface area contributed by atoms with Gasteiger partial charge in [-0.2, -0.15) is 0 Å². The number of hydrogen-bond acceptors (Lipinski definition) is 7. The summed E-state index contributed by atoms with van der Waals surface area (Å²) in [6, 6.07) is 14.8. The molecule has 0 amide bonds. The molecular formula is C23H27N3O4S2. The molecule has 0 radical (unpaired) electrons. The molecule has 170 valence electrons. The van der Waals surface area contributed by atoms with Crippen LogP contribution < -0.4 is 0 Å². The van der Waals surface area contributed by atoms with Gasteiger partial charge < -0.3 is 8.83 Å². The Bertz CT molecular complexity index is 1140. The molecule has 0 saturated heterocycles. The Morgan fingerprint density at radius 3 is 2.19 bits per heavy atom. The lowest BCUT2D eigenvalue weighted by Crippen LogP contribution is -1.93. The maximum absolute atomic E-state index is 11.5. The van der Waals surface area contributed by atoms with Gasteiger partial charge in [0.25, 0.3) is 0 Å². The molecule has 0 saturated carbocycles. The molecule has 4 aromatic rings. The minimum Gasteiger partial charge on any atom is -0.451 e. The topological polar surface area (TPSA) is 99.1 Å². The van der Waals surface area contributed by atoms with Crippen LogP contribution in [-0.2, 0) is 21.6 Å². The summed E-state index contributed by atoms with van der Waals surface area (Å²) < 4.78 is 32.9. The van der Waals surface area contributed by atoms with Crippen LogP contribution in [0, 0.1) is 6.92 Å². The van der Waals surface area contributed by atoms with Gasteiger partial charge in [-0.1, -0.05) is 39.0 Å². The number of hydrogen-bond donors (Lipinski definition) is 0. The SMILES string of the molecule is CC.CCS(=O)c1ccc(-c2cocn2)cc1.Cc1nnc(-c2cccc(S(C)=O)c2)o1. The predicted molar refractivity (Wildman–Crippen MR) is 127 cm³/mol. The Balaban J connectivity index is 0.000000211.